The average molecular weight is 227 g/mol. The van der Waals surface area contributed by atoms with Gasteiger partial charge in [0.05, 0.1) is 13.2 Å². The van der Waals surface area contributed by atoms with Gasteiger partial charge in [0.25, 0.3) is 0 Å². The maximum Gasteiger partial charge on any atom is 0.331 e. The molecule has 2 rings (SSSR count). The third kappa shape index (κ3) is 2.20. The van der Waals surface area contributed by atoms with Crippen LogP contribution in [-0.4, -0.2) is 67.0 Å². The lowest BCUT2D eigenvalue weighted by molar-refractivity contribution is -0.140. The Balaban J connectivity index is 1.83. The smallest absolute Gasteiger partial charge is 0.331 e. The number of nitrogens with one attached hydrogen (secondary N) is 1. The van der Waals surface area contributed by atoms with E-state index in [1.165, 1.54) is 0 Å². The molecule has 2 saturated heterocycles. The van der Waals surface area contributed by atoms with E-state index in [1.54, 1.807) is 0 Å². The van der Waals surface area contributed by atoms with Gasteiger partial charge in [0.1, 0.15) is 0 Å². The molecule has 0 aromatic carbocycles. The zero-order valence-electron chi connectivity index (χ0n) is 8.77. The quantitative estimate of drug-likeness (QED) is 0.464. The van der Waals surface area contributed by atoms with Gasteiger partial charge in [-0.3, -0.25) is 24.7 Å². The van der Waals surface area contributed by atoms with Gasteiger partial charge in [-0.15, -0.1) is 0 Å². The highest BCUT2D eigenvalue weighted by Gasteiger charge is 2.36. The van der Waals surface area contributed by atoms with E-state index in [9.17, 15) is 14.4 Å². The Morgan fingerprint density at radius 2 is 1.81 bits per heavy atom. The second-order valence-corrected chi connectivity index (χ2v) is 3.67. The Kier molecular flexibility index (Phi) is 3.16. The minimum atomic E-state index is -0.841. The van der Waals surface area contributed by atoms with Gasteiger partial charge in [0.2, 0.25) is 0 Å². The number of carbonyl (C=O) groups is 3. The van der Waals surface area contributed by atoms with Crippen molar-refractivity contribution in [3.05, 3.63) is 0 Å². The number of urea groups is 1. The van der Waals surface area contributed by atoms with Crippen LogP contribution in [0.4, 0.5) is 4.79 Å². The summed E-state index contributed by atoms with van der Waals surface area (Å²) >= 11 is 0. The average Bonchev–Trinajstić information content (AvgIpc) is 2.53. The zero-order valence-corrected chi connectivity index (χ0v) is 8.77. The van der Waals surface area contributed by atoms with E-state index in [4.69, 9.17) is 4.74 Å². The molecule has 7 heteroatoms. The first-order valence-electron chi connectivity index (χ1n) is 5.15. The normalized spacial score (nSPS) is 22.8. The summed E-state index contributed by atoms with van der Waals surface area (Å²) in [6, 6.07) is -0.622. The number of morpholine rings is 1. The summed E-state index contributed by atoms with van der Waals surface area (Å²) in [5.74, 6) is -1.61. The van der Waals surface area contributed by atoms with Crippen LogP contribution in [0.3, 0.4) is 0 Å². The molecular weight excluding hydrogens is 214 g/mol. The molecule has 0 bridgehead atoms. The Morgan fingerprint density at radius 3 is 2.38 bits per heavy atom. The molecule has 2 aliphatic heterocycles. The second-order valence-electron chi connectivity index (χ2n) is 3.67. The number of carbonyl (C=O) groups excluding carboxylic acids is 3. The highest BCUT2D eigenvalue weighted by molar-refractivity contribution is 6.44. The van der Waals surface area contributed by atoms with Crippen LogP contribution < -0.4 is 5.32 Å². The van der Waals surface area contributed by atoms with Gasteiger partial charge in [-0.2, -0.15) is 0 Å². The second kappa shape index (κ2) is 4.58. The fourth-order valence-corrected chi connectivity index (χ4v) is 1.70. The van der Waals surface area contributed by atoms with E-state index in [0.717, 1.165) is 18.0 Å². The Hall–Kier alpha value is -1.47. The molecule has 0 unspecified atom stereocenters. The van der Waals surface area contributed by atoms with Crippen molar-refractivity contribution in [2.24, 2.45) is 0 Å². The summed E-state index contributed by atoms with van der Waals surface area (Å²) in [5.41, 5.74) is 0. The number of hydrogen-bond acceptors (Lipinski definition) is 5. The zero-order chi connectivity index (χ0) is 11.5. The predicted molar refractivity (Wildman–Crippen MR) is 52.5 cm³/mol. The standard InChI is InChI=1S/C9H13N3O4/c13-7-8(14)12(9(15)10-7)2-1-11-3-5-16-6-4-11/h1-6H2,(H,10,13,15). The molecule has 0 saturated carbocycles. The molecule has 0 aliphatic carbocycles. The van der Waals surface area contributed by atoms with Crippen LogP contribution >= 0.6 is 0 Å². The molecule has 1 N–H and O–H groups in total. The third-order valence-corrected chi connectivity index (χ3v) is 2.65. The van der Waals surface area contributed by atoms with Crippen molar-refractivity contribution in [3.8, 4) is 0 Å². The van der Waals surface area contributed by atoms with Crippen LogP contribution in [0.1, 0.15) is 0 Å². The van der Waals surface area contributed by atoms with Crippen LogP contribution in [0.2, 0.25) is 0 Å². The van der Waals surface area contributed by atoms with Crippen molar-refractivity contribution >= 4 is 17.8 Å². The van der Waals surface area contributed by atoms with Gasteiger partial charge in [-0.05, 0) is 0 Å². The number of nitrogens with zero attached hydrogens (tertiary/aromatic N) is 2. The molecule has 0 atom stereocenters. The number of amides is 4. The molecule has 2 aliphatic rings. The van der Waals surface area contributed by atoms with Crippen molar-refractivity contribution in [2.75, 3.05) is 39.4 Å². The van der Waals surface area contributed by atoms with Crippen molar-refractivity contribution < 1.29 is 19.1 Å². The summed E-state index contributed by atoms with van der Waals surface area (Å²) < 4.78 is 5.18. The maximum atomic E-state index is 11.2. The van der Waals surface area contributed by atoms with Crippen LogP contribution in [0, 0.1) is 0 Å². The molecule has 2 heterocycles. The highest BCUT2D eigenvalue weighted by Crippen LogP contribution is 2.02. The summed E-state index contributed by atoms with van der Waals surface area (Å²) in [5, 5.41) is 1.96. The minimum absolute atomic E-state index is 0.246. The van der Waals surface area contributed by atoms with E-state index in [0.29, 0.717) is 19.8 Å². The Bertz CT molecular complexity index is 325. The van der Waals surface area contributed by atoms with E-state index in [1.807, 2.05) is 5.32 Å². The number of ether oxygens (including phenoxy) is 1. The Morgan fingerprint density at radius 1 is 1.12 bits per heavy atom. The summed E-state index contributed by atoms with van der Waals surface area (Å²) in [7, 11) is 0. The van der Waals surface area contributed by atoms with Crippen LogP contribution in [0.5, 0.6) is 0 Å². The van der Waals surface area contributed by atoms with Crippen molar-refractivity contribution in [3.63, 3.8) is 0 Å². The van der Waals surface area contributed by atoms with E-state index in [-0.39, 0.29) is 6.54 Å². The summed E-state index contributed by atoms with van der Waals surface area (Å²) in [6.45, 7) is 3.74. The molecule has 0 aromatic rings. The molecule has 0 radical (unpaired) electrons. The topological polar surface area (TPSA) is 79.0 Å². The maximum absolute atomic E-state index is 11.2. The van der Waals surface area contributed by atoms with Crippen molar-refractivity contribution in [1.29, 1.82) is 0 Å². The summed E-state index contributed by atoms with van der Waals surface area (Å²) in [6.07, 6.45) is 0. The first-order valence-corrected chi connectivity index (χ1v) is 5.15. The molecule has 4 amide bonds. The Labute approximate surface area is 92.3 Å². The molecule has 7 nitrogen and oxygen atoms in total. The highest BCUT2D eigenvalue weighted by atomic mass is 16.5. The van der Waals surface area contributed by atoms with E-state index in [2.05, 4.69) is 4.90 Å². The van der Waals surface area contributed by atoms with E-state index >= 15 is 0 Å². The molecule has 16 heavy (non-hydrogen) atoms. The first kappa shape index (κ1) is 11.0. The van der Waals surface area contributed by atoms with Gasteiger partial charge in [-0.1, -0.05) is 0 Å². The van der Waals surface area contributed by atoms with Gasteiger partial charge in [0, 0.05) is 26.2 Å². The molecule has 2 fully saturated rings. The number of rotatable bonds is 3. The monoisotopic (exact) mass is 227 g/mol. The SMILES string of the molecule is O=C1NC(=O)N(CCN2CCOCC2)C1=O. The fraction of sp³-hybridized carbons (Fsp3) is 0.667. The predicted octanol–water partition coefficient (Wildman–Crippen LogP) is -1.60. The molecular formula is C9H13N3O4. The van der Waals surface area contributed by atoms with Gasteiger partial charge in [0.15, 0.2) is 0 Å². The summed E-state index contributed by atoms with van der Waals surface area (Å²) in [4.78, 5) is 36.4. The molecule has 0 spiro atoms. The van der Waals surface area contributed by atoms with Gasteiger partial charge < -0.3 is 4.74 Å². The van der Waals surface area contributed by atoms with Crippen LogP contribution in [0.25, 0.3) is 0 Å². The van der Waals surface area contributed by atoms with Crippen LogP contribution in [-0.2, 0) is 14.3 Å². The van der Waals surface area contributed by atoms with Crippen molar-refractivity contribution in [2.45, 2.75) is 0 Å². The number of imide groups is 2. The lowest BCUT2D eigenvalue weighted by atomic mass is 10.4. The van der Waals surface area contributed by atoms with Gasteiger partial charge >= 0.3 is 17.8 Å². The third-order valence-electron chi connectivity index (χ3n) is 2.65. The fourth-order valence-electron chi connectivity index (χ4n) is 1.70. The lowest BCUT2D eigenvalue weighted by Crippen LogP contribution is -2.43. The largest absolute Gasteiger partial charge is 0.379 e. The lowest BCUT2D eigenvalue weighted by Gasteiger charge is -2.27. The first-order chi connectivity index (χ1) is 7.68. The van der Waals surface area contributed by atoms with Gasteiger partial charge in [-0.25, -0.2) is 4.79 Å². The van der Waals surface area contributed by atoms with Crippen molar-refractivity contribution in [1.82, 2.24) is 15.1 Å². The minimum Gasteiger partial charge on any atom is -0.379 e. The van der Waals surface area contributed by atoms with Crippen LogP contribution in [0.15, 0.2) is 0 Å². The number of hydrogen-bond donors (Lipinski definition) is 1. The molecule has 88 valence electrons. The van der Waals surface area contributed by atoms with E-state index < -0.39 is 17.8 Å². The molecule has 0 aromatic heterocycles.